The van der Waals surface area contributed by atoms with Gasteiger partial charge in [0, 0.05) is 31.6 Å². The molecule has 5 rings (SSSR count). The van der Waals surface area contributed by atoms with Gasteiger partial charge in [-0.3, -0.25) is 9.48 Å². The smallest absolute Gasteiger partial charge is 0.264 e. The molecule has 0 radical (unpaired) electrons. The Morgan fingerprint density at radius 1 is 1.23 bits per heavy atom. The van der Waals surface area contributed by atoms with Gasteiger partial charge >= 0.3 is 0 Å². The van der Waals surface area contributed by atoms with Crippen molar-refractivity contribution in [2.24, 2.45) is 11.8 Å². The minimum atomic E-state index is 0.186. The molecule has 2 fully saturated rings. The number of aromatic nitrogens is 2. The minimum Gasteiger partial charge on any atom is -0.337 e. The number of amides is 1. The van der Waals surface area contributed by atoms with Gasteiger partial charge in [-0.2, -0.15) is 5.10 Å². The predicted molar refractivity (Wildman–Crippen MR) is 104 cm³/mol. The summed E-state index contributed by atoms with van der Waals surface area (Å²) < 4.78 is 2.03. The van der Waals surface area contributed by atoms with Crippen molar-refractivity contribution in [2.75, 3.05) is 26.2 Å². The quantitative estimate of drug-likeness (QED) is 0.775. The highest BCUT2D eigenvalue weighted by molar-refractivity contribution is 7.20. The van der Waals surface area contributed by atoms with Gasteiger partial charge in [0.15, 0.2) is 0 Å². The third kappa shape index (κ3) is 2.64. The van der Waals surface area contributed by atoms with Gasteiger partial charge in [-0.1, -0.05) is 30.3 Å². The zero-order valence-electron chi connectivity index (χ0n) is 14.8. The molecular formula is C20H22N4OS. The highest BCUT2D eigenvalue weighted by atomic mass is 32.1. The van der Waals surface area contributed by atoms with Gasteiger partial charge in [0.25, 0.3) is 5.91 Å². The molecule has 2 aliphatic rings. The molecule has 2 aliphatic heterocycles. The molecule has 0 spiro atoms. The number of nitrogens with zero attached hydrogens (tertiary/aromatic N) is 3. The maximum absolute atomic E-state index is 13.0. The fraction of sp³-hybridized carbons (Fsp3) is 0.400. The second-order valence-electron chi connectivity index (χ2n) is 7.45. The Kier molecular flexibility index (Phi) is 3.83. The lowest BCUT2D eigenvalue weighted by Crippen LogP contribution is -2.31. The average Bonchev–Trinajstić information content (AvgIpc) is 3.38. The van der Waals surface area contributed by atoms with Gasteiger partial charge in [-0.05, 0) is 30.4 Å². The molecule has 0 unspecified atom stereocenters. The molecule has 4 heterocycles. The van der Waals surface area contributed by atoms with E-state index in [1.807, 2.05) is 40.8 Å². The van der Waals surface area contributed by atoms with Crippen molar-refractivity contribution < 1.29 is 4.79 Å². The molecule has 5 nitrogen and oxygen atoms in total. The summed E-state index contributed by atoms with van der Waals surface area (Å²) in [7, 11) is 0. The molecule has 0 bridgehead atoms. The molecule has 0 saturated carbocycles. The van der Waals surface area contributed by atoms with E-state index < -0.39 is 0 Å². The fourth-order valence-electron chi connectivity index (χ4n) is 4.26. The molecule has 2 saturated heterocycles. The largest absolute Gasteiger partial charge is 0.337 e. The first-order chi connectivity index (χ1) is 12.7. The lowest BCUT2D eigenvalue weighted by molar-refractivity contribution is 0.0786. The average molecular weight is 366 g/mol. The second kappa shape index (κ2) is 6.21. The normalized spacial score (nSPS) is 22.3. The molecular weight excluding hydrogens is 344 g/mol. The zero-order chi connectivity index (χ0) is 17.7. The lowest BCUT2D eigenvalue weighted by Gasteiger charge is -2.16. The van der Waals surface area contributed by atoms with Crippen LogP contribution in [0.15, 0.2) is 36.4 Å². The van der Waals surface area contributed by atoms with Crippen LogP contribution in [-0.2, 0) is 6.54 Å². The van der Waals surface area contributed by atoms with Crippen molar-refractivity contribution in [1.82, 2.24) is 20.0 Å². The number of benzene rings is 1. The van der Waals surface area contributed by atoms with Crippen LogP contribution in [0, 0.1) is 18.8 Å². The highest BCUT2D eigenvalue weighted by Crippen LogP contribution is 2.32. The Hall–Kier alpha value is -2.18. The van der Waals surface area contributed by atoms with Crippen molar-refractivity contribution in [2.45, 2.75) is 13.5 Å². The first-order valence-electron chi connectivity index (χ1n) is 9.20. The number of fused-ring (bicyclic) bond motifs is 2. The van der Waals surface area contributed by atoms with Crippen LogP contribution >= 0.6 is 11.3 Å². The van der Waals surface area contributed by atoms with E-state index in [1.165, 1.54) is 5.56 Å². The number of nitrogens with one attached hydrogen (secondary N) is 1. The van der Waals surface area contributed by atoms with Crippen molar-refractivity contribution in [1.29, 1.82) is 0 Å². The Balaban J connectivity index is 1.43. The van der Waals surface area contributed by atoms with E-state index in [0.717, 1.165) is 53.5 Å². The number of carbonyl (C=O) groups is 1. The Bertz CT molecular complexity index is 949. The maximum atomic E-state index is 13.0. The topological polar surface area (TPSA) is 50.2 Å². The summed E-state index contributed by atoms with van der Waals surface area (Å²) in [6, 6.07) is 12.4. The van der Waals surface area contributed by atoms with Gasteiger partial charge in [0.05, 0.1) is 17.1 Å². The van der Waals surface area contributed by atoms with Crippen LogP contribution < -0.4 is 5.32 Å². The SMILES string of the molecule is Cc1nn(Cc2ccccc2)c2sc(C(=O)N3C[C@H]4CNC[C@H]4C3)cc12. The van der Waals surface area contributed by atoms with Gasteiger partial charge in [0.1, 0.15) is 4.83 Å². The Morgan fingerprint density at radius 2 is 1.96 bits per heavy atom. The zero-order valence-corrected chi connectivity index (χ0v) is 15.6. The number of thiophene rings is 1. The maximum Gasteiger partial charge on any atom is 0.264 e. The Morgan fingerprint density at radius 3 is 2.69 bits per heavy atom. The van der Waals surface area contributed by atoms with E-state index in [2.05, 4.69) is 22.5 Å². The van der Waals surface area contributed by atoms with Crippen molar-refractivity contribution in [3.63, 3.8) is 0 Å². The predicted octanol–water partition coefficient (Wildman–Crippen LogP) is 2.75. The number of hydrogen-bond acceptors (Lipinski definition) is 4. The monoisotopic (exact) mass is 366 g/mol. The van der Waals surface area contributed by atoms with Crippen LogP contribution in [0.4, 0.5) is 0 Å². The molecule has 6 heteroatoms. The molecule has 134 valence electrons. The van der Waals surface area contributed by atoms with Crippen LogP contribution in [-0.4, -0.2) is 46.8 Å². The molecule has 2 atom stereocenters. The highest BCUT2D eigenvalue weighted by Gasteiger charge is 2.38. The van der Waals surface area contributed by atoms with Crippen molar-refractivity contribution >= 4 is 27.5 Å². The van der Waals surface area contributed by atoms with E-state index in [0.29, 0.717) is 11.8 Å². The van der Waals surface area contributed by atoms with E-state index >= 15 is 0 Å². The van der Waals surface area contributed by atoms with Gasteiger partial charge in [0.2, 0.25) is 0 Å². The summed E-state index contributed by atoms with van der Waals surface area (Å²) >= 11 is 1.58. The molecule has 26 heavy (non-hydrogen) atoms. The molecule has 1 N–H and O–H groups in total. The first-order valence-corrected chi connectivity index (χ1v) is 10.0. The molecule has 3 aromatic rings. The first kappa shape index (κ1) is 16.0. The van der Waals surface area contributed by atoms with Crippen molar-refractivity contribution in [3.8, 4) is 0 Å². The summed E-state index contributed by atoms with van der Waals surface area (Å²) in [5.41, 5.74) is 2.21. The number of rotatable bonds is 3. The summed E-state index contributed by atoms with van der Waals surface area (Å²) in [6.07, 6.45) is 0. The molecule has 1 amide bonds. The van der Waals surface area contributed by atoms with Crippen LogP contribution in [0.3, 0.4) is 0 Å². The van der Waals surface area contributed by atoms with Gasteiger partial charge in [-0.15, -0.1) is 11.3 Å². The van der Waals surface area contributed by atoms with Crippen LogP contribution in [0.1, 0.15) is 20.9 Å². The van der Waals surface area contributed by atoms with E-state index in [4.69, 9.17) is 0 Å². The Labute approximate surface area is 156 Å². The van der Waals surface area contributed by atoms with Gasteiger partial charge < -0.3 is 10.2 Å². The summed E-state index contributed by atoms with van der Waals surface area (Å²) in [4.78, 5) is 17.0. The standard InChI is InChI=1S/C20H22N4OS/c1-13-17-7-18(19(25)23-11-15-8-21-9-16(15)12-23)26-20(17)24(22-13)10-14-5-3-2-4-6-14/h2-7,15-16,21H,8-12H2,1H3/t15-,16+. The van der Waals surface area contributed by atoms with E-state index in [9.17, 15) is 4.79 Å². The summed E-state index contributed by atoms with van der Waals surface area (Å²) in [5.74, 6) is 1.44. The lowest BCUT2D eigenvalue weighted by atomic mass is 10.0. The van der Waals surface area contributed by atoms with E-state index in [1.54, 1.807) is 11.3 Å². The van der Waals surface area contributed by atoms with Crippen LogP contribution in [0.25, 0.3) is 10.2 Å². The van der Waals surface area contributed by atoms with Gasteiger partial charge in [-0.25, -0.2) is 0 Å². The third-order valence-electron chi connectivity index (χ3n) is 5.67. The second-order valence-corrected chi connectivity index (χ2v) is 8.48. The molecule has 0 aliphatic carbocycles. The minimum absolute atomic E-state index is 0.186. The van der Waals surface area contributed by atoms with Crippen LogP contribution in [0.2, 0.25) is 0 Å². The summed E-state index contributed by atoms with van der Waals surface area (Å²) in [6.45, 7) is 6.63. The number of aryl methyl sites for hydroxylation is 1. The van der Waals surface area contributed by atoms with Crippen LogP contribution in [0.5, 0.6) is 0 Å². The number of carbonyl (C=O) groups excluding carboxylic acids is 1. The fourth-order valence-corrected chi connectivity index (χ4v) is 5.39. The third-order valence-corrected chi connectivity index (χ3v) is 6.81. The molecule has 1 aromatic carbocycles. The summed E-state index contributed by atoms with van der Waals surface area (Å²) in [5, 5.41) is 9.22. The number of likely N-dealkylation sites (tertiary alicyclic amines) is 1. The van der Waals surface area contributed by atoms with E-state index in [-0.39, 0.29) is 5.91 Å². The van der Waals surface area contributed by atoms with Crippen molar-refractivity contribution in [3.05, 3.63) is 52.5 Å². The number of hydrogen-bond donors (Lipinski definition) is 1. The molecule has 2 aromatic heterocycles.